The Kier molecular flexibility index (Phi) is 6.92. The van der Waals surface area contributed by atoms with Gasteiger partial charge >= 0.3 is 12.0 Å². The lowest BCUT2D eigenvalue weighted by Gasteiger charge is -2.14. The normalized spacial score (nSPS) is 12.6. The summed E-state index contributed by atoms with van der Waals surface area (Å²) in [5.74, 6) is -1.60. The van der Waals surface area contributed by atoms with E-state index in [1.54, 1.807) is 0 Å². The zero-order chi connectivity index (χ0) is 14.3. The Labute approximate surface area is 114 Å². The summed E-state index contributed by atoms with van der Waals surface area (Å²) in [6.07, 6.45) is 0.817. The molecule has 1 atom stereocenters. The number of carbonyl (C=O) groups is 2. The lowest BCUT2D eigenvalue weighted by Crippen LogP contribution is -2.46. The minimum atomic E-state index is -3.27. The second-order valence-electron chi connectivity index (χ2n) is 3.65. The molecule has 0 saturated carbocycles. The number of amides is 2. The number of aliphatic carboxylic acids is 1. The van der Waals surface area contributed by atoms with E-state index in [0.717, 1.165) is 6.26 Å². The minimum absolute atomic E-state index is 0.143. The Hall–Kier alpha value is -1.09. The molecule has 0 rings (SSSR count). The fourth-order valence-electron chi connectivity index (χ4n) is 0.975. The van der Waals surface area contributed by atoms with Gasteiger partial charge in [0.25, 0.3) is 0 Å². The maximum Gasteiger partial charge on any atom is 0.326 e. The molecule has 7 nitrogen and oxygen atoms in total. The molecule has 0 aromatic carbocycles. The predicted molar refractivity (Wildman–Crippen MR) is 70.4 cm³/mol. The molecule has 2 amide bonds. The second-order valence-corrected chi connectivity index (χ2v) is 7.03. The first-order chi connectivity index (χ1) is 8.11. The van der Waals surface area contributed by atoms with Crippen molar-refractivity contribution in [1.29, 1.82) is 0 Å². The van der Waals surface area contributed by atoms with Gasteiger partial charge in [0.1, 0.15) is 15.9 Å². The first-order valence-electron chi connectivity index (χ1n) is 4.90. The summed E-state index contributed by atoms with van der Waals surface area (Å²) < 4.78 is 22.4. The molecule has 0 aliphatic rings. The summed E-state index contributed by atoms with van der Waals surface area (Å²) in [6, 6.07) is -1.94. The van der Waals surface area contributed by atoms with Gasteiger partial charge in [-0.3, -0.25) is 0 Å². The van der Waals surface area contributed by atoms with Gasteiger partial charge in [-0.15, -0.1) is 0 Å². The standard InChI is InChI=1S/C9H15BrN2O5S/c1-6(10)5-11-9(15)12-7(8(13)14)3-4-18(2,16)17/h7H,1,3-5H2,2H3,(H,13,14)(H2,11,12,15). The molecule has 0 fully saturated rings. The summed E-state index contributed by atoms with van der Waals surface area (Å²) in [5, 5.41) is 13.4. The van der Waals surface area contributed by atoms with Crippen molar-refractivity contribution in [2.75, 3.05) is 18.6 Å². The van der Waals surface area contributed by atoms with Gasteiger partial charge in [0.2, 0.25) is 0 Å². The number of rotatable bonds is 7. The van der Waals surface area contributed by atoms with Crippen molar-refractivity contribution in [2.24, 2.45) is 0 Å². The third kappa shape index (κ3) is 8.99. The average molecular weight is 343 g/mol. The van der Waals surface area contributed by atoms with Crippen LogP contribution < -0.4 is 10.6 Å². The van der Waals surface area contributed by atoms with E-state index >= 15 is 0 Å². The fraction of sp³-hybridized carbons (Fsp3) is 0.556. The summed E-state index contributed by atoms with van der Waals surface area (Å²) in [7, 11) is -3.27. The van der Waals surface area contributed by atoms with Gasteiger partial charge in [-0.2, -0.15) is 0 Å². The highest BCUT2D eigenvalue weighted by Crippen LogP contribution is 1.99. The van der Waals surface area contributed by atoms with Gasteiger partial charge < -0.3 is 15.7 Å². The molecule has 0 aliphatic heterocycles. The van der Waals surface area contributed by atoms with Crippen LogP contribution in [0.4, 0.5) is 4.79 Å². The largest absolute Gasteiger partial charge is 0.480 e. The van der Waals surface area contributed by atoms with E-state index in [-0.39, 0.29) is 18.7 Å². The fourth-order valence-corrected chi connectivity index (χ4v) is 1.78. The van der Waals surface area contributed by atoms with Crippen LogP contribution in [0, 0.1) is 0 Å². The van der Waals surface area contributed by atoms with Crippen molar-refractivity contribution < 1.29 is 23.1 Å². The number of carboxylic acid groups (broad SMARTS) is 1. The molecular formula is C9H15BrN2O5S. The Balaban J connectivity index is 4.32. The number of urea groups is 1. The predicted octanol–water partition coefficient (Wildman–Crippen LogP) is 0.0821. The SMILES string of the molecule is C=C(Br)CNC(=O)NC(CCS(C)(=O)=O)C(=O)O. The topological polar surface area (TPSA) is 113 Å². The first kappa shape index (κ1) is 16.9. The van der Waals surface area contributed by atoms with Crippen LogP contribution in [0.1, 0.15) is 6.42 Å². The Morgan fingerprint density at radius 1 is 1.44 bits per heavy atom. The van der Waals surface area contributed by atoms with Crippen molar-refractivity contribution in [3.63, 3.8) is 0 Å². The van der Waals surface area contributed by atoms with Gasteiger partial charge in [-0.05, 0) is 6.42 Å². The molecule has 18 heavy (non-hydrogen) atoms. The molecule has 1 unspecified atom stereocenters. The average Bonchev–Trinajstić information content (AvgIpc) is 2.19. The van der Waals surface area contributed by atoms with Crippen molar-refractivity contribution in [3.8, 4) is 0 Å². The molecule has 0 aliphatic carbocycles. The quantitative estimate of drug-likeness (QED) is 0.606. The summed E-state index contributed by atoms with van der Waals surface area (Å²) in [5.41, 5.74) is 0. The summed E-state index contributed by atoms with van der Waals surface area (Å²) in [6.45, 7) is 3.63. The Morgan fingerprint density at radius 3 is 2.39 bits per heavy atom. The molecule has 0 aromatic heterocycles. The monoisotopic (exact) mass is 342 g/mol. The molecule has 9 heteroatoms. The van der Waals surface area contributed by atoms with E-state index < -0.39 is 27.9 Å². The Bertz CT molecular complexity index is 434. The zero-order valence-corrected chi connectivity index (χ0v) is 12.2. The lowest BCUT2D eigenvalue weighted by atomic mass is 10.2. The number of carboxylic acids is 1. The Morgan fingerprint density at radius 2 is 2.00 bits per heavy atom. The smallest absolute Gasteiger partial charge is 0.326 e. The van der Waals surface area contributed by atoms with Crippen LogP contribution in [0.3, 0.4) is 0 Å². The van der Waals surface area contributed by atoms with E-state index in [2.05, 4.69) is 33.1 Å². The molecule has 3 N–H and O–H groups in total. The van der Waals surface area contributed by atoms with Crippen LogP contribution >= 0.6 is 15.9 Å². The molecule has 0 saturated heterocycles. The van der Waals surface area contributed by atoms with Crippen LogP contribution in [-0.2, 0) is 14.6 Å². The van der Waals surface area contributed by atoms with E-state index in [0.29, 0.717) is 4.48 Å². The van der Waals surface area contributed by atoms with Crippen molar-refractivity contribution in [3.05, 3.63) is 11.1 Å². The third-order valence-corrected chi connectivity index (χ3v) is 3.08. The third-order valence-electron chi connectivity index (χ3n) is 1.82. The van der Waals surface area contributed by atoms with E-state index in [4.69, 9.17) is 5.11 Å². The lowest BCUT2D eigenvalue weighted by molar-refractivity contribution is -0.139. The van der Waals surface area contributed by atoms with Crippen LogP contribution in [-0.4, -0.2) is 50.1 Å². The molecular weight excluding hydrogens is 328 g/mol. The number of hydrogen-bond acceptors (Lipinski definition) is 4. The van der Waals surface area contributed by atoms with E-state index in [9.17, 15) is 18.0 Å². The number of nitrogens with one attached hydrogen (secondary N) is 2. The highest BCUT2D eigenvalue weighted by molar-refractivity contribution is 9.11. The molecule has 0 bridgehead atoms. The van der Waals surface area contributed by atoms with E-state index in [1.165, 1.54) is 0 Å². The summed E-state index contributed by atoms with van der Waals surface area (Å²) in [4.78, 5) is 22.1. The first-order valence-corrected chi connectivity index (χ1v) is 7.75. The molecule has 0 radical (unpaired) electrons. The van der Waals surface area contributed by atoms with Gasteiger partial charge in [0.05, 0.1) is 12.3 Å². The van der Waals surface area contributed by atoms with Crippen LogP contribution in [0.15, 0.2) is 11.1 Å². The maximum atomic E-state index is 11.3. The van der Waals surface area contributed by atoms with Gasteiger partial charge in [0, 0.05) is 10.7 Å². The van der Waals surface area contributed by atoms with Gasteiger partial charge in [-0.25, -0.2) is 18.0 Å². The maximum absolute atomic E-state index is 11.3. The highest BCUT2D eigenvalue weighted by atomic mass is 79.9. The van der Waals surface area contributed by atoms with Crippen LogP contribution in [0.25, 0.3) is 0 Å². The van der Waals surface area contributed by atoms with Gasteiger partial charge in [-0.1, -0.05) is 22.5 Å². The number of halogens is 1. The van der Waals surface area contributed by atoms with Crippen molar-refractivity contribution in [2.45, 2.75) is 12.5 Å². The van der Waals surface area contributed by atoms with Crippen LogP contribution in [0.2, 0.25) is 0 Å². The summed E-state index contributed by atoms with van der Waals surface area (Å²) >= 11 is 3.02. The van der Waals surface area contributed by atoms with Gasteiger partial charge in [0.15, 0.2) is 0 Å². The molecule has 0 spiro atoms. The second kappa shape index (κ2) is 7.37. The number of hydrogen-bond donors (Lipinski definition) is 3. The highest BCUT2D eigenvalue weighted by Gasteiger charge is 2.21. The molecule has 0 aromatic rings. The van der Waals surface area contributed by atoms with Crippen molar-refractivity contribution >= 4 is 37.8 Å². The minimum Gasteiger partial charge on any atom is -0.480 e. The van der Waals surface area contributed by atoms with E-state index in [1.807, 2.05) is 0 Å². The number of sulfone groups is 1. The molecule has 0 heterocycles. The van der Waals surface area contributed by atoms with Crippen molar-refractivity contribution in [1.82, 2.24) is 10.6 Å². The molecule has 104 valence electrons. The number of carbonyl (C=O) groups excluding carboxylic acids is 1. The zero-order valence-electron chi connectivity index (χ0n) is 9.77. The van der Waals surface area contributed by atoms with Crippen LogP contribution in [0.5, 0.6) is 0 Å².